The molecule has 0 fully saturated rings. The van der Waals surface area contributed by atoms with Crippen LogP contribution in [0.5, 0.6) is 5.75 Å². The first-order chi connectivity index (χ1) is 9.56. The highest BCUT2D eigenvalue weighted by atomic mass is 35.5. The molecule has 0 aliphatic heterocycles. The average Bonchev–Trinajstić information content (AvgIpc) is 2.40. The fourth-order valence-electron chi connectivity index (χ4n) is 1.34. The summed E-state index contributed by atoms with van der Waals surface area (Å²) in [7, 11) is 0. The smallest absolute Gasteiger partial charge is 0.341 e. The van der Waals surface area contributed by atoms with Gasteiger partial charge in [-0.2, -0.15) is 0 Å². The molecule has 1 N–H and O–H groups in total. The van der Waals surface area contributed by atoms with Crippen LogP contribution in [0, 0.1) is 0 Å². The van der Waals surface area contributed by atoms with E-state index in [-0.39, 0.29) is 30.3 Å². The number of hydrogen-bond donors (Lipinski definition) is 1. The van der Waals surface area contributed by atoms with Gasteiger partial charge in [0.05, 0.1) is 6.61 Å². The maximum absolute atomic E-state index is 11.4. The van der Waals surface area contributed by atoms with E-state index in [2.05, 4.69) is 19.2 Å². The molecule has 0 saturated heterocycles. The van der Waals surface area contributed by atoms with Gasteiger partial charge in [-0.25, -0.2) is 4.79 Å². The summed E-state index contributed by atoms with van der Waals surface area (Å²) in [4.78, 5) is 22.2. The van der Waals surface area contributed by atoms with Gasteiger partial charge in [0.2, 0.25) is 0 Å². The minimum absolute atomic E-state index is 0. The van der Waals surface area contributed by atoms with Crippen LogP contribution in [-0.2, 0) is 9.53 Å². The van der Waals surface area contributed by atoms with Gasteiger partial charge in [0.25, 0.3) is 0 Å². The molecule has 1 aromatic carbocycles. The molecular weight excluding hydrogens is 294 g/mol. The van der Waals surface area contributed by atoms with E-state index in [0.717, 1.165) is 13.1 Å². The first-order valence-corrected chi connectivity index (χ1v) is 6.72. The number of halogens is 1. The zero-order chi connectivity index (χ0) is 15.4. The number of benzene rings is 1. The monoisotopic (exact) mass is 317 g/mol. The first kappa shape index (κ1) is 21.7. The lowest BCUT2D eigenvalue weighted by Gasteiger charge is -2.07. The molecule has 1 aromatic rings. The van der Waals surface area contributed by atoms with Crippen molar-refractivity contribution >= 4 is 24.3 Å². The summed E-state index contributed by atoms with van der Waals surface area (Å²) < 4.78 is 9.69. The lowest BCUT2D eigenvalue weighted by atomic mass is 10.2. The van der Waals surface area contributed by atoms with Crippen molar-refractivity contribution in [2.24, 2.45) is 0 Å². The Bertz CT molecular complexity index is 422. The Morgan fingerprint density at radius 2 is 1.67 bits per heavy atom. The zero-order valence-electron chi connectivity index (χ0n) is 13.0. The van der Waals surface area contributed by atoms with Crippen molar-refractivity contribution in [1.82, 2.24) is 5.32 Å². The molecule has 0 amide bonds. The van der Waals surface area contributed by atoms with Gasteiger partial charge in [-0.1, -0.05) is 26.0 Å². The molecule has 0 radical (unpaired) electrons. The normalized spacial score (nSPS) is 8.76. The molecule has 0 aliphatic rings. The molecule has 0 aromatic heterocycles. The van der Waals surface area contributed by atoms with Crippen LogP contribution in [-0.4, -0.2) is 31.6 Å². The van der Waals surface area contributed by atoms with Crippen LogP contribution in [0.1, 0.15) is 38.1 Å². The largest absolute Gasteiger partial charge is 0.462 e. The second kappa shape index (κ2) is 13.4. The van der Waals surface area contributed by atoms with E-state index in [1.54, 1.807) is 31.2 Å². The van der Waals surface area contributed by atoms with Crippen molar-refractivity contribution < 1.29 is 19.1 Å². The van der Waals surface area contributed by atoms with Crippen LogP contribution < -0.4 is 10.1 Å². The summed E-state index contributed by atoms with van der Waals surface area (Å²) in [6, 6.07) is 6.46. The number of para-hydroxylation sites is 1. The molecule has 0 atom stereocenters. The average molecular weight is 318 g/mol. The van der Waals surface area contributed by atoms with E-state index in [0.29, 0.717) is 0 Å². The SMILES string of the molecule is CCNCC.CCOC(=O)c1ccccc1OC(C)=O.Cl. The van der Waals surface area contributed by atoms with Crippen molar-refractivity contribution in [3.8, 4) is 5.75 Å². The third-order valence-corrected chi connectivity index (χ3v) is 2.14. The van der Waals surface area contributed by atoms with Gasteiger partial charge < -0.3 is 14.8 Å². The first-order valence-electron chi connectivity index (χ1n) is 6.72. The van der Waals surface area contributed by atoms with E-state index in [1.165, 1.54) is 6.92 Å². The minimum atomic E-state index is -0.491. The van der Waals surface area contributed by atoms with Crippen molar-refractivity contribution in [3.05, 3.63) is 29.8 Å². The Labute approximate surface area is 132 Å². The summed E-state index contributed by atoms with van der Waals surface area (Å²) in [5.41, 5.74) is 0.259. The van der Waals surface area contributed by atoms with Crippen LogP contribution in [0.25, 0.3) is 0 Å². The van der Waals surface area contributed by atoms with Gasteiger partial charge in [0.15, 0.2) is 0 Å². The van der Waals surface area contributed by atoms with Crippen molar-refractivity contribution in [2.75, 3.05) is 19.7 Å². The maximum atomic E-state index is 11.4. The van der Waals surface area contributed by atoms with E-state index >= 15 is 0 Å². The highest BCUT2D eigenvalue weighted by Gasteiger charge is 2.13. The number of carbonyl (C=O) groups is 2. The van der Waals surface area contributed by atoms with Crippen molar-refractivity contribution in [3.63, 3.8) is 0 Å². The second-order valence-electron chi connectivity index (χ2n) is 3.77. The third kappa shape index (κ3) is 9.87. The quantitative estimate of drug-likeness (QED) is 0.668. The number of ether oxygens (including phenoxy) is 2. The third-order valence-electron chi connectivity index (χ3n) is 2.14. The number of hydrogen-bond acceptors (Lipinski definition) is 5. The Hall–Kier alpha value is -1.59. The molecule has 0 bridgehead atoms. The lowest BCUT2D eigenvalue weighted by molar-refractivity contribution is -0.131. The summed E-state index contributed by atoms with van der Waals surface area (Å²) >= 11 is 0. The Balaban J connectivity index is 0. The molecule has 0 heterocycles. The van der Waals surface area contributed by atoms with E-state index < -0.39 is 11.9 Å². The number of rotatable bonds is 5. The Kier molecular flexibility index (Phi) is 13.8. The van der Waals surface area contributed by atoms with Crippen LogP contribution >= 0.6 is 12.4 Å². The number of esters is 2. The second-order valence-corrected chi connectivity index (χ2v) is 3.77. The van der Waals surface area contributed by atoms with Crippen LogP contribution in [0.3, 0.4) is 0 Å². The molecule has 5 nitrogen and oxygen atoms in total. The molecule has 6 heteroatoms. The summed E-state index contributed by atoms with van der Waals surface area (Å²) in [5.74, 6) is -0.732. The molecule has 0 saturated carbocycles. The maximum Gasteiger partial charge on any atom is 0.341 e. The van der Waals surface area contributed by atoms with Gasteiger partial charge in [-0.15, -0.1) is 12.4 Å². The molecule has 0 spiro atoms. The molecule has 1 rings (SSSR count). The van der Waals surface area contributed by atoms with E-state index in [4.69, 9.17) is 9.47 Å². The summed E-state index contributed by atoms with van der Waals surface area (Å²) in [6.07, 6.45) is 0. The number of nitrogens with one attached hydrogen (secondary N) is 1. The van der Waals surface area contributed by atoms with Gasteiger partial charge in [0, 0.05) is 6.92 Å². The topological polar surface area (TPSA) is 64.6 Å². The van der Waals surface area contributed by atoms with Gasteiger partial charge in [-0.3, -0.25) is 4.79 Å². The van der Waals surface area contributed by atoms with Gasteiger partial charge in [-0.05, 0) is 32.1 Å². The number of carbonyl (C=O) groups excluding carboxylic acids is 2. The zero-order valence-corrected chi connectivity index (χ0v) is 13.8. The Morgan fingerprint density at radius 1 is 1.10 bits per heavy atom. The molecule has 0 unspecified atom stereocenters. The van der Waals surface area contributed by atoms with Crippen molar-refractivity contribution in [2.45, 2.75) is 27.7 Å². The predicted octanol–water partition coefficient (Wildman–Crippen LogP) is 2.83. The van der Waals surface area contributed by atoms with Gasteiger partial charge in [0.1, 0.15) is 11.3 Å². The molecular formula is C15H24ClNO4. The predicted molar refractivity (Wildman–Crippen MR) is 85.2 cm³/mol. The highest BCUT2D eigenvalue weighted by molar-refractivity contribution is 5.93. The van der Waals surface area contributed by atoms with Crippen LogP contribution in [0.2, 0.25) is 0 Å². The summed E-state index contributed by atoms with van der Waals surface area (Å²) in [5, 5.41) is 3.11. The minimum Gasteiger partial charge on any atom is -0.462 e. The van der Waals surface area contributed by atoms with Crippen LogP contribution in [0.4, 0.5) is 0 Å². The van der Waals surface area contributed by atoms with E-state index in [9.17, 15) is 9.59 Å². The lowest BCUT2D eigenvalue weighted by Crippen LogP contribution is -2.10. The molecule has 120 valence electrons. The highest BCUT2D eigenvalue weighted by Crippen LogP contribution is 2.18. The fourth-order valence-corrected chi connectivity index (χ4v) is 1.34. The van der Waals surface area contributed by atoms with Crippen molar-refractivity contribution in [1.29, 1.82) is 0 Å². The standard InChI is InChI=1S/C11H12O4.C4H11N.ClH/c1-3-14-11(13)9-6-4-5-7-10(9)15-8(2)12;1-3-5-4-2;/h4-7H,3H2,1-2H3;5H,3-4H2,1-2H3;1H. The molecule has 21 heavy (non-hydrogen) atoms. The Morgan fingerprint density at radius 3 is 2.10 bits per heavy atom. The van der Waals surface area contributed by atoms with E-state index in [1.807, 2.05) is 0 Å². The summed E-state index contributed by atoms with van der Waals surface area (Å²) in [6.45, 7) is 9.67. The van der Waals surface area contributed by atoms with Crippen LogP contribution in [0.15, 0.2) is 24.3 Å². The van der Waals surface area contributed by atoms with Gasteiger partial charge >= 0.3 is 11.9 Å². The fraction of sp³-hybridized carbons (Fsp3) is 0.467. The molecule has 0 aliphatic carbocycles.